The Kier molecular flexibility index (Phi) is 6.31. The molecule has 1 heterocycles. The van der Waals surface area contributed by atoms with E-state index in [0.717, 1.165) is 17.9 Å². The van der Waals surface area contributed by atoms with Crippen LogP contribution in [0.15, 0.2) is 28.7 Å². The Labute approximate surface area is 128 Å². The van der Waals surface area contributed by atoms with Crippen molar-refractivity contribution in [2.45, 2.75) is 65.3 Å². The lowest BCUT2D eigenvalue weighted by Gasteiger charge is -2.12. The van der Waals surface area contributed by atoms with Crippen LogP contribution in [0.4, 0.5) is 0 Å². The van der Waals surface area contributed by atoms with Crippen LogP contribution < -0.4 is 5.32 Å². The predicted octanol–water partition coefficient (Wildman–Crippen LogP) is 5.75. The summed E-state index contributed by atoms with van der Waals surface area (Å²) in [4.78, 5) is 0. The smallest absolute Gasteiger partial charge is 0.134 e. The molecule has 1 aromatic heterocycles. The van der Waals surface area contributed by atoms with E-state index in [1.807, 2.05) is 12.1 Å². The van der Waals surface area contributed by atoms with Crippen LogP contribution in [-0.2, 0) is 0 Å². The van der Waals surface area contributed by atoms with Crippen molar-refractivity contribution in [3.63, 3.8) is 0 Å². The van der Waals surface area contributed by atoms with E-state index in [4.69, 9.17) is 4.42 Å². The lowest BCUT2D eigenvalue weighted by atomic mass is 10.1. The summed E-state index contributed by atoms with van der Waals surface area (Å²) in [6.07, 6.45) is 8.04. The van der Waals surface area contributed by atoms with Crippen molar-refractivity contribution in [3.8, 4) is 0 Å². The summed E-state index contributed by atoms with van der Waals surface area (Å²) in [6.45, 7) is 7.69. The summed E-state index contributed by atoms with van der Waals surface area (Å²) in [6, 6.07) is 8.57. The van der Waals surface area contributed by atoms with E-state index in [1.54, 1.807) is 0 Å². The highest BCUT2D eigenvalue weighted by Gasteiger charge is 2.15. The van der Waals surface area contributed by atoms with Gasteiger partial charge in [0.05, 0.1) is 6.04 Å². The zero-order valence-electron chi connectivity index (χ0n) is 13.7. The van der Waals surface area contributed by atoms with Gasteiger partial charge in [-0.3, -0.25) is 0 Å². The average molecular weight is 287 g/mol. The lowest BCUT2D eigenvalue weighted by molar-refractivity contribution is 0.440. The molecule has 1 aromatic carbocycles. The molecule has 2 rings (SSSR count). The van der Waals surface area contributed by atoms with E-state index in [0.29, 0.717) is 0 Å². The Morgan fingerprint density at radius 1 is 1.05 bits per heavy atom. The normalized spacial score (nSPS) is 12.9. The Bertz CT molecular complexity index is 543. The molecule has 116 valence electrons. The second-order valence-corrected chi connectivity index (χ2v) is 6.03. The molecule has 21 heavy (non-hydrogen) atoms. The first kappa shape index (κ1) is 16.1. The highest BCUT2D eigenvalue weighted by atomic mass is 16.3. The number of hydrogen-bond acceptors (Lipinski definition) is 2. The molecule has 0 amide bonds. The number of rotatable bonds is 9. The molecule has 0 aliphatic carbocycles. The standard InChI is InChI=1S/C19H29NO/c1-4-5-6-7-8-11-14-20-16(3)19-15(2)17-12-9-10-13-18(17)21-19/h9-10,12-13,16,20H,4-8,11,14H2,1-3H3. The molecule has 0 saturated carbocycles. The molecule has 0 aliphatic rings. The van der Waals surface area contributed by atoms with Gasteiger partial charge in [-0.15, -0.1) is 0 Å². The molecule has 2 nitrogen and oxygen atoms in total. The Balaban J connectivity index is 1.79. The summed E-state index contributed by atoms with van der Waals surface area (Å²) in [5, 5.41) is 4.83. The summed E-state index contributed by atoms with van der Waals surface area (Å²) in [5.74, 6) is 1.09. The van der Waals surface area contributed by atoms with Gasteiger partial charge in [0.2, 0.25) is 0 Å². The molecule has 2 heteroatoms. The molecule has 1 atom stereocenters. The number of aryl methyl sites for hydroxylation is 1. The van der Waals surface area contributed by atoms with E-state index >= 15 is 0 Å². The fraction of sp³-hybridized carbons (Fsp3) is 0.579. The molecule has 0 aliphatic heterocycles. The lowest BCUT2D eigenvalue weighted by Crippen LogP contribution is -2.20. The number of hydrogen-bond donors (Lipinski definition) is 1. The van der Waals surface area contributed by atoms with Crippen LogP contribution in [0.25, 0.3) is 11.0 Å². The van der Waals surface area contributed by atoms with Gasteiger partial charge in [0, 0.05) is 5.39 Å². The van der Waals surface area contributed by atoms with Crippen LogP contribution in [0.5, 0.6) is 0 Å². The van der Waals surface area contributed by atoms with Gasteiger partial charge in [0.15, 0.2) is 0 Å². The molecular weight excluding hydrogens is 258 g/mol. The summed E-state index contributed by atoms with van der Waals surface area (Å²) in [5.41, 5.74) is 2.27. The molecule has 1 N–H and O–H groups in total. The third-order valence-corrected chi connectivity index (χ3v) is 4.25. The van der Waals surface area contributed by atoms with Crippen molar-refractivity contribution in [2.24, 2.45) is 0 Å². The Hall–Kier alpha value is -1.28. The summed E-state index contributed by atoms with van der Waals surface area (Å²) < 4.78 is 6.01. The average Bonchev–Trinajstić information content (AvgIpc) is 2.84. The zero-order chi connectivity index (χ0) is 15.1. The third-order valence-electron chi connectivity index (χ3n) is 4.25. The maximum atomic E-state index is 6.01. The molecule has 1 unspecified atom stereocenters. The van der Waals surface area contributed by atoms with Crippen LogP contribution in [0, 0.1) is 6.92 Å². The number of furan rings is 1. The SMILES string of the molecule is CCCCCCCCNC(C)c1oc2ccccc2c1C. The monoisotopic (exact) mass is 287 g/mol. The maximum Gasteiger partial charge on any atom is 0.134 e. The van der Waals surface area contributed by atoms with Crippen molar-refractivity contribution in [2.75, 3.05) is 6.54 Å². The molecular formula is C19H29NO. The van der Waals surface area contributed by atoms with Gasteiger partial charge in [-0.05, 0) is 38.4 Å². The molecule has 0 fully saturated rings. The van der Waals surface area contributed by atoms with Crippen LogP contribution in [0.1, 0.15) is 69.7 Å². The first-order chi connectivity index (χ1) is 10.2. The summed E-state index contributed by atoms with van der Waals surface area (Å²) in [7, 11) is 0. The first-order valence-corrected chi connectivity index (χ1v) is 8.45. The quantitative estimate of drug-likeness (QED) is 0.594. The largest absolute Gasteiger partial charge is 0.459 e. The highest BCUT2D eigenvalue weighted by molar-refractivity contribution is 5.82. The molecule has 0 saturated heterocycles. The van der Waals surface area contributed by atoms with Crippen molar-refractivity contribution in [3.05, 3.63) is 35.6 Å². The highest BCUT2D eigenvalue weighted by Crippen LogP contribution is 2.29. The van der Waals surface area contributed by atoms with Gasteiger partial charge < -0.3 is 9.73 Å². The van der Waals surface area contributed by atoms with Gasteiger partial charge in [-0.25, -0.2) is 0 Å². The van der Waals surface area contributed by atoms with Crippen molar-refractivity contribution in [1.29, 1.82) is 0 Å². The number of para-hydroxylation sites is 1. The fourth-order valence-electron chi connectivity index (χ4n) is 2.92. The van der Waals surface area contributed by atoms with Gasteiger partial charge in [0.1, 0.15) is 11.3 Å². The van der Waals surface area contributed by atoms with Crippen molar-refractivity contribution in [1.82, 2.24) is 5.32 Å². The predicted molar refractivity (Wildman–Crippen MR) is 90.7 cm³/mol. The number of fused-ring (bicyclic) bond motifs is 1. The van der Waals surface area contributed by atoms with E-state index in [1.165, 1.54) is 49.5 Å². The van der Waals surface area contributed by atoms with E-state index in [-0.39, 0.29) is 6.04 Å². The molecule has 0 spiro atoms. The minimum absolute atomic E-state index is 0.285. The van der Waals surface area contributed by atoms with Crippen LogP contribution in [0.3, 0.4) is 0 Å². The number of unbranched alkanes of at least 4 members (excludes halogenated alkanes) is 5. The minimum Gasteiger partial charge on any atom is -0.459 e. The minimum atomic E-state index is 0.285. The Morgan fingerprint density at radius 3 is 2.52 bits per heavy atom. The molecule has 0 radical (unpaired) electrons. The van der Waals surface area contributed by atoms with E-state index < -0.39 is 0 Å². The van der Waals surface area contributed by atoms with E-state index in [9.17, 15) is 0 Å². The second kappa shape index (κ2) is 8.23. The number of nitrogens with one attached hydrogen (secondary N) is 1. The first-order valence-electron chi connectivity index (χ1n) is 8.45. The topological polar surface area (TPSA) is 25.2 Å². The maximum absolute atomic E-state index is 6.01. The zero-order valence-corrected chi connectivity index (χ0v) is 13.7. The number of benzene rings is 1. The summed E-state index contributed by atoms with van der Waals surface area (Å²) >= 11 is 0. The van der Waals surface area contributed by atoms with Crippen molar-refractivity contribution >= 4 is 11.0 Å². The Morgan fingerprint density at radius 2 is 1.76 bits per heavy atom. The van der Waals surface area contributed by atoms with E-state index in [2.05, 4.69) is 38.2 Å². The van der Waals surface area contributed by atoms with Crippen LogP contribution >= 0.6 is 0 Å². The fourth-order valence-corrected chi connectivity index (χ4v) is 2.92. The van der Waals surface area contributed by atoms with Crippen LogP contribution in [0.2, 0.25) is 0 Å². The van der Waals surface area contributed by atoms with Crippen LogP contribution in [-0.4, -0.2) is 6.54 Å². The van der Waals surface area contributed by atoms with Gasteiger partial charge in [-0.1, -0.05) is 57.2 Å². The molecule has 0 bridgehead atoms. The third kappa shape index (κ3) is 4.34. The second-order valence-electron chi connectivity index (χ2n) is 6.03. The van der Waals surface area contributed by atoms with Gasteiger partial charge in [-0.2, -0.15) is 0 Å². The van der Waals surface area contributed by atoms with Gasteiger partial charge in [0.25, 0.3) is 0 Å². The van der Waals surface area contributed by atoms with Gasteiger partial charge >= 0.3 is 0 Å². The van der Waals surface area contributed by atoms with Crippen molar-refractivity contribution < 1.29 is 4.42 Å². The molecule has 2 aromatic rings.